The monoisotopic (exact) mass is 462 g/mol. The van der Waals surface area contributed by atoms with Crippen LogP contribution in [0.4, 0.5) is 0 Å². The van der Waals surface area contributed by atoms with Crippen LogP contribution < -0.4 is 29.6 Å². The predicted molar refractivity (Wildman–Crippen MR) is 111 cm³/mol. The number of ether oxygens (including phenoxy) is 2. The minimum Gasteiger partial charge on any atom is -1.00 e. The van der Waals surface area contributed by atoms with Gasteiger partial charge in [-0.25, -0.2) is 4.79 Å². The van der Waals surface area contributed by atoms with Crippen molar-refractivity contribution in [2.75, 3.05) is 19.0 Å². The van der Waals surface area contributed by atoms with Crippen molar-refractivity contribution in [1.82, 2.24) is 0 Å². The van der Waals surface area contributed by atoms with E-state index in [0.29, 0.717) is 0 Å². The average molecular weight is 463 g/mol. The molecule has 0 aromatic rings. The Morgan fingerprint density at radius 1 is 0.833 bits per heavy atom. The minimum atomic E-state index is -4.12. The molecule has 0 aromatic heterocycles. The molecule has 0 radical (unpaired) electrons. The Morgan fingerprint density at radius 3 is 1.80 bits per heavy atom. The van der Waals surface area contributed by atoms with E-state index in [2.05, 4.69) is 11.7 Å². The number of hydrogen-bond donors (Lipinski definition) is 2. The van der Waals surface area contributed by atoms with Crippen LogP contribution in [-0.4, -0.2) is 55.1 Å². The molecule has 10 heteroatoms. The molecule has 0 saturated heterocycles. The molecule has 8 nitrogen and oxygen atoms in total. The van der Waals surface area contributed by atoms with Crippen molar-refractivity contribution in [2.45, 2.75) is 96.5 Å². The molecule has 0 heterocycles. The van der Waals surface area contributed by atoms with Gasteiger partial charge in [-0.05, 0) is 12.8 Å². The van der Waals surface area contributed by atoms with E-state index >= 15 is 0 Å². The summed E-state index contributed by atoms with van der Waals surface area (Å²) >= 11 is 0. The zero-order valence-corrected chi connectivity index (χ0v) is 21.5. The summed E-state index contributed by atoms with van der Waals surface area (Å²) in [6.07, 6.45) is 10.9. The van der Waals surface area contributed by atoms with Crippen molar-refractivity contribution in [3.63, 3.8) is 0 Å². The van der Waals surface area contributed by atoms with Gasteiger partial charge >= 0.3 is 41.5 Å². The molecule has 1 unspecified atom stereocenters. The molecule has 1 atom stereocenters. The van der Waals surface area contributed by atoms with Crippen LogP contribution in [0.1, 0.15) is 91.8 Å². The first-order chi connectivity index (χ1) is 13.8. The van der Waals surface area contributed by atoms with Gasteiger partial charge in [0, 0.05) is 0 Å². The Kier molecular flexibility index (Phi) is 22.1. The van der Waals surface area contributed by atoms with E-state index in [4.69, 9.17) is 9.29 Å². The number of hydrogen-bond acceptors (Lipinski definition) is 7. The molecule has 0 aromatic carbocycles. The molecule has 2 N–H and O–H groups in total. The summed E-state index contributed by atoms with van der Waals surface area (Å²) in [7, 11) is -4.12. The van der Waals surface area contributed by atoms with Crippen molar-refractivity contribution in [1.29, 1.82) is 0 Å². The van der Waals surface area contributed by atoms with Gasteiger partial charge < -0.3 is 16.0 Å². The van der Waals surface area contributed by atoms with Gasteiger partial charge in [0.2, 0.25) is 0 Å². The van der Waals surface area contributed by atoms with Crippen molar-refractivity contribution in [2.24, 2.45) is 0 Å². The third kappa shape index (κ3) is 22.5. The Balaban J connectivity index is -0.00000392. The maximum atomic E-state index is 11.6. The van der Waals surface area contributed by atoms with Gasteiger partial charge in [0.25, 0.3) is 10.1 Å². The maximum Gasteiger partial charge on any atom is 1.00 e. The summed E-state index contributed by atoms with van der Waals surface area (Å²) in [4.78, 5) is 23.1. The number of aliphatic hydroxyl groups is 1. The standard InChI is InChI=1S/C20H38O8S.Na.H/c1-2-3-4-5-6-7-8-9-10-11-12-14-27-19(22)17-18(21)20(23)28-15-13-16-29(24,25)26;;/h18,21H,2-17H2,1H3,(H,24,25,26);;/q;+1;-1. The molecule has 30 heavy (non-hydrogen) atoms. The fraction of sp³-hybridized carbons (Fsp3) is 0.900. The largest absolute Gasteiger partial charge is 1.00 e. The Bertz CT molecular complexity index is 545. The van der Waals surface area contributed by atoms with Crippen molar-refractivity contribution < 1.29 is 68.1 Å². The molecule has 0 spiro atoms. The normalized spacial score (nSPS) is 12.1. The second kappa shape index (κ2) is 20.7. The summed E-state index contributed by atoms with van der Waals surface area (Å²) in [5.74, 6) is -2.25. The van der Waals surface area contributed by atoms with Crippen LogP contribution in [-0.2, 0) is 29.2 Å². The fourth-order valence-electron chi connectivity index (χ4n) is 2.76. The molecule has 0 aliphatic heterocycles. The first kappa shape index (κ1) is 32.0. The van der Waals surface area contributed by atoms with Gasteiger partial charge in [0.15, 0.2) is 6.10 Å². The number of carbonyl (C=O) groups excluding carboxylic acids is 2. The van der Waals surface area contributed by atoms with Gasteiger partial charge in [-0.2, -0.15) is 8.42 Å². The molecular formula is C20H39NaO8S. The second-order valence-corrected chi connectivity index (χ2v) is 8.86. The zero-order chi connectivity index (χ0) is 22.0. The van der Waals surface area contributed by atoms with Crippen LogP contribution in [0.2, 0.25) is 0 Å². The average Bonchev–Trinajstić information content (AvgIpc) is 2.65. The van der Waals surface area contributed by atoms with E-state index in [-0.39, 0.29) is 50.6 Å². The third-order valence-corrected chi connectivity index (χ3v) is 5.24. The van der Waals surface area contributed by atoms with Crippen molar-refractivity contribution in [3.05, 3.63) is 0 Å². The zero-order valence-electron chi connectivity index (χ0n) is 19.6. The van der Waals surface area contributed by atoms with Crippen molar-refractivity contribution >= 4 is 22.1 Å². The first-order valence-electron chi connectivity index (χ1n) is 10.7. The summed E-state index contributed by atoms with van der Waals surface area (Å²) < 4.78 is 39.2. The molecule has 0 aliphatic rings. The summed E-state index contributed by atoms with van der Waals surface area (Å²) in [5.41, 5.74) is 0. The van der Waals surface area contributed by atoms with E-state index in [1.807, 2.05) is 0 Å². The van der Waals surface area contributed by atoms with Crippen LogP contribution >= 0.6 is 0 Å². The smallest absolute Gasteiger partial charge is 1.00 e. The van der Waals surface area contributed by atoms with E-state index in [1.54, 1.807) is 0 Å². The quantitative estimate of drug-likeness (QED) is 0.123. The van der Waals surface area contributed by atoms with E-state index in [1.165, 1.54) is 51.4 Å². The Morgan fingerprint density at radius 2 is 1.30 bits per heavy atom. The molecule has 0 amide bonds. The Labute approximate surface area is 205 Å². The molecule has 0 bridgehead atoms. The number of esters is 2. The summed E-state index contributed by atoms with van der Waals surface area (Å²) in [6.45, 7) is 2.20. The van der Waals surface area contributed by atoms with Gasteiger partial charge in [0.1, 0.15) is 0 Å². The number of rotatable bonds is 19. The van der Waals surface area contributed by atoms with Gasteiger partial charge in [0.05, 0.1) is 25.4 Å². The fourth-order valence-corrected chi connectivity index (χ4v) is 3.25. The topological polar surface area (TPSA) is 127 Å². The number of unbranched alkanes of at least 4 members (excludes halogenated alkanes) is 10. The first-order valence-corrected chi connectivity index (χ1v) is 12.3. The van der Waals surface area contributed by atoms with E-state index < -0.39 is 40.3 Å². The van der Waals surface area contributed by atoms with Crippen LogP contribution in [0.3, 0.4) is 0 Å². The number of carbonyl (C=O) groups is 2. The van der Waals surface area contributed by atoms with Crippen LogP contribution in [0.15, 0.2) is 0 Å². The molecule has 0 saturated carbocycles. The van der Waals surface area contributed by atoms with E-state index in [9.17, 15) is 23.1 Å². The molecule has 174 valence electrons. The minimum absolute atomic E-state index is 0. The van der Waals surface area contributed by atoms with E-state index in [0.717, 1.165) is 19.3 Å². The number of aliphatic hydroxyl groups excluding tert-OH is 1. The van der Waals surface area contributed by atoms with Crippen molar-refractivity contribution in [3.8, 4) is 0 Å². The SMILES string of the molecule is CCCCCCCCCCCCCOC(=O)CC(O)C(=O)OCCCS(=O)(=O)O.[H-].[Na+]. The van der Waals surface area contributed by atoms with Crippen LogP contribution in [0.5, 0.6) is 0 Å². The van der Waals surface area contributed by atoms with Crippen LogP contribution in [0.25, 0.3) is 0 Å². The molecule has 0 fully saturated rings. The van der Waals surface area contributed by atoms with Gasteiger partial charge in [-0.15, -0.1) is 0 Å². The third-order valence-electron chi connectivity index (χ3n) is 4.43. The summed E-state index contributed by atoms with van der Waals surface area (Å²) in [5, 5.41) is 9.60. The molecular weight excluding hydrogens is 423 g/mol. The van der Waals surface area contributed by atoms with Crippen LogP contribution in [0, 0.1) is 0 Å². The molecule has 0 aliphatic carbocycles. The summed E-state index contributed by atoms with van der Waals surface area (Å²) in [6, 6.07) is 0. The maximum absolute atomic E-state index is 11.6. The second-order valence-electron chi connectivity index (χ2n) is 7.28. The predicted octanol–water partition coefficient (Wildman–Crippen LogP) is 0.529. The Hall–Kier alpha value is -0.190. The molecule has 0 rings (SSSR count). The van der Waals surface area contributed by atoms with Gasteiger partial charge in [-0.3, -0.25) is 9.35 Å². The van der Waals surface area contributed by atoms with Gasteiger partial charge in [-0.1, -0.05) is 71.1 Å².